The van der Waals surface area contributed by atoms with Gasteiger partial charge in [0.1, 0.15) is 24.7 Å². The number of benzene rings is 1. The predicted molar refractivity (Wildman–Crippen MR) is 76.9 cm³/mol. The Morgan fingerprint density at radius 1 is 1.40 bits per heavy atom. The zero-order valence-corrected chi connectivity index (χ0v) is 11.4. The van der Waals surface area contributed by atoms with Gasteiger partial charge in [-0.15, -0.1) is 6.42 Å². The lowest BCUT2D eigenvalue weighted by atomic mass is 10.1. The van der Waals surface area contributed by atoms with Gasteiger partial charge in [-0.05, 0) is 12.1 Å². The summed E-state index contributed by atoms with van der Waals surface area (Å²) < 4.78 is 12.7. The summed E-state index contributed by atoms with van der Waals surface area (Å²) in [6.45, 7) is 1.36. The minimum atomic E-state index is 0.372. The minimum Gasteiger partial charge on any atom is -0.486 e. The lowest BCUT2D eigenvalue weighted by Gasteiger charge is -2.20. The molecule has 0 bridgehead atoms. The van der Waals surface area contributed by atoms with E-state index in [4.69, 9.17) is 33.2 Å². The van der Waals surface area contributed by atoms with Crippen LogP contribution in [0.1, 0.15) is 0 Å². The number of ether oxygens (including phenoxy) is 2. The van der Waals surface area contributed by atoms with Gasteiger partial charge < -0.3 is 19.8 Å². The Morgan fingerprint density at radius 3 is 3.00 bits per heavy atom. The molecule has 0 amide bonds. The van der Waals surface area contributed by atoms with E-state index in [9.17, 15) is 0 Å². The van der Waals surface area contributed by atoms with Crippen LogP contribution >= 0.6 is 11.6 Å². The van der Waals surface area contributed by atoms with Crippen LogP contribution in [0.15, 0.2) is 18.5 Å². The first kappa shape index (κ1) is 12.7. The monoisotopic (exact) mass is 289 g/mol. The van der Waals surface area contributed by atoms with E-state index in [1.165, 1.54) is 0 Å². The average Bonchev–Trinajstić information content (AvgIpc) is 2.81. The second-order valence-corrected chi connectivity index (χ2v) is 4.70. The number of terminal acetylenes is 1. The minimum absolute atomic E-state index is 0.372. The Bertz CT molecular complexity index is 703. The zero-order valence-electron chi connectivity index (χ0n) is 10.6. The SMILES string of the molecule is C#CCn1cnc(-c2cc(Cl)c3c(c2)OCCO3)c1N. The number of fused-ring (bicyclic) bond motifs is 1. The molecule has 1 aromatic carbocycles. The van der Waals surface area contributed by atoms with Gasteiger partial charge in [0.2, 0.25) is 0 Å². The highest BCUT2D eigenvalue weighted by Gasteiger charge is 2.19. The molecule has 1 aliphatic rings. The maximum Gasteiger partial charge on any atom is 0.179 e. The number of nitrogens with two attached hydrogens (primary N) is 1. The summed E-state index contributed by atoms with van der Waals surface area (Å²) in [5.41, 5.74) is 7.43. The molecule has 0 fully saturated rings. The third-order valence-corrected chi connectivity index (χ3v) is 3.29. The van der Waals surface area contributed by atoms with E-state index in [2.05, 4.69) is 10.9 Å². The molecule has 1 aromatic heterocycles. The zero-order chi connectivity index (χ0) is 14.1. The van der Waals surface area contributed by atoms with Crippen molar-refractivity contribution in [3.8, 4) is 35.1 Å². The van der Waals surface area contributed by atoms with E-state index in [0.29, 0.717) is 47.8 Å². The van der Waals surface area contributed by atoms with E-state index < -0.39 is 0 Å². The number of hydrogen-bond donors (Lipinski definition) is 1. The summed E-state index contributed by atoms with van der Waals surface area (Å²) in [5.74, 6) is 4.18. The number of halogens is 1. The third-order valence-electron chi connectivity index (χ3n) is 3.01. The van der Waals surface area contributed by atoms with E-state index >= 15 is 0 Å². The summed E-state index contributed by atoms with van der Waals surface area (Å²) in [6, 6.07) is 3.58. The molecule has 2 aromatic rings. The van der Waals surface area contributed by atoms with E-state index in [-0.39, 0.29) is 0 Å². The van der Waals surface area contributed by atoms with Crippen LogP contribution < -0.4 is 15.2 Å². The Labute approximate surface area is 121 Å². The summed E-state index contributed by atoms with van der Waals surface area (Å²) in [7, 11) is 0. The van der Waals surface area contributed by atoms with Crippen molar-refractivity contribution < 1.29 is 9.47 Å². The Hall–Kier alpha value is -2.32. The van der Waals surface area contributed by atoms with Crippen LogP contribution in [-0.2, 0) is 6.54 Å². The molecule has 1 aliphatic heterocycles. The Balaban J connectivity index is 2.07. The van der Waals surface area contributed by atoms with Crippen molar-refractivity contribution in [2.75, 3.05) is 18.9 Å². The molecule has 0 atom stereocenters. The fraction of sp³-hybridized carbons (Fsp3) is 0.214. The van der Waals surface area contributed by atoms with Crippen LogP contribution in [0.4, 0.5) is 5.82 Å². The molecule has 0 radical (unpaired) electrons. The van der Waals surface area contributed by atoms with E-state index in [1.807, 2.05) is 6.07 Å². The van der Waals surface area contributed by atoms with Crippen molar-refractivity contribution in [3.63, 3.8) is 0 Å². The van der Waals surface area contributed by atoms with Crippen LogP contribution in [0.3, 0.4) is 0 Å². The van der Waals surface area contributed by atoms with Crippen LogP contribution in [0.25, 0.3) is 11.3 Å². The molecular weight excluding hydrogens is 278 g/mol. The summed E-state index contributed by atoms with van der Waals surface area (Å²) in [6.07, 6.45) is 6.89. The molecule has 0 saturated heterocycles. The van der Waals surface area contributed by atoms with Crippen molar-refractivity contribution in [2.45, 2.75) is 6.54 Å². The largest absolute Gasteiger partial charge is 0.486 e. The van der Waals surface area contributed by atoms with Gasteiger partial charge in [-0.3, -0.25) is 0 Å². The summed E-state index contributed by atoms with van der Waals surface area (Å²) in [4.78, 5) is 4.28. The van der Waals surface area contributed by atoms with Crippen molar-refractivity contribution in [1.29, 1.82) is 0 Å². The second kappa shape index (κ2) is 4.99. The van der Waals surface area contributed by atoms with Gasteiger partial charge in [0.25, 0.3) is 0 Å². The molecular formula is C14H12ClN3O2. The molecule has 0 spiro atoms. The van der Waals surface area contributed by atoms with Crippen LogP contribution in [0.2, 0.25) is 5.02 Å². The van der Waals surface area contributed by atoms with Gasteiger partial charge in [0.15, 0.2) is 11.5 Å². The van der Waals surface area contributed by atoms with Crippen LogP contribution in [0.5, 0.6) is 11.5 Å². The topological polar surface area (TPSA) is 62.3 Å². The maximum absolute atomic E-state index is 6.20. The van der Waals surface area contributed by atoms with Crippen molar-refractivity contribution in [1.82, 2.24) is 9.55 Å². The van der Waals surface area contributed by atoms with Crippen molar-refractivity contribution in [3.05, 3.63) is 23.5 Å². The first-order chi connectivity index (χ1) is 9.70. The molecule has 20 heavy (non-hydrogen) atoms. The summed E-state index contributed by atoms with van der Waals surface area (Å²) in [5, 5.41) is 0.475. The Morgan fingerprint density at radius 2 is 2.20 bits per heavy atom. The molecule has 0 saturated carbocycles. The van der Waals surface area contributed by atoms with Gasteiger partial charge in [-0.25, -0.2) is 4.98 Å². The fourth-order valence-corrected chi connectivity index (χ4v) is 2.35. The number of hydrogen-bond acceptors (Lipinski definition) is 4. The van der Waals surface area contributed by atoms with Crippen molar-refractivity contribution in [2.24, 2.45) is 0 Å². The molecule has 2 N–H and O–H groups in total. The number of anilines is 1. The number of aromatic nitrogens is 2. The number of imidazole rings is 1. The quantitative estimate of drug-likeness (QED) is 0.861. The normalized spacial score (nSPS) is 13.0. The highest BCUT2D eigenvalue weighted by atomic mass is 35.5. The summed E-state index contributed by atoms with van der Waals surface area (Å²) >= 11 is 6.20. The first-order valence-electron chi connectivity index (χ1n) is 6.04. The van der Waals surface area contributed by atoms with E-state index in [0.717, 1.165) is 5.56 Å². The number of nitrogens with zero attached hydrogens (tertiary/aromatic N) is 2. The smallest absolute Gasteiger partial charge is 0.179 e. The van der Waals surface area contributed by atoms with Gasteiger partial charge in [0, 0.05) is 5.56 Å². The Kier molecular flexibility index (Phi) is 3.17. The lowest BCUT2D eigenvalue weighted by molar-refractivity contribution is 0.172. The van der Waals surface area contributed by atoms with Gasteiger partial charge in [-0.2, -0.15) is 0 Å². The van der Waals surface area contributed by atoms with Gasteiger partial charge in [0.05, 0.1) is 17.9 Å². The van der Waals surface area contributed by atoms with Gasteiger partial charge in [-0.1, -0.05) is 17.5 Å². The maximum atomic E-state index is 6.20. The van der Waals surface area contributed by atoms with E-state index in [1.54, 1.807) is 17.0 Å². The third kappa shape index (κ3) is 2.04. The standard InChI is InChI=1S/C14H12ClN3O2/c1-2-3-18-8-17-12(14(18)16)9-6-10(15)13-11(7-9)19-4-5-20-13/h1,6-8H,3-5,16H2. The number of nitrogen functional groups attached to an aromatic ring is 1. The number of rotatable bonds is 2. The highest BCUT2D eigenvalue weighted by Crippen LogP contribution is 2.41. The highest BCUT2D eigenvalue weighted by molar-refractivity contribution is 6.32. The molecule has 6 heteroatoms. The molecule has 102 valence electrons. The predicted octanol–water partition coefficient (Wildman–Crippen LogP) is 2.19. The molecule has 0 aliphatic carbocycles. The lowest BCUT2D eigenvalue weighted by Crippen LogP contribution is -2.15. The molecule has 5 nitrogen and oxygen atoms in total. The molecule has 0 unspecified atom stereocenters. The average molecular weight is 290 g/mol. The molecule has 3 rings (SSSR count). The van der Waals surface area contributed by atoms with Gasteiger partial charge >= 0.3 is 0 Å². The van der Waals surface area contributed by atoms with Crippen molar-refractivity contribution >= 4 is 17.4 Å². The van der Waals surface area contributed by atoms with Crippen LogP contribution in [-0.4, -0.2) is 22.8 Å². The second-order valence-electron chi connectivity index (χ2n) is 4.29. The molecule has 2 heterocycles. The van der Waals surface area contributed by atoms with Crippen LogP contribution in [0, 0.1) is 12.3 Å². The fourth-order valence-electron chi connectivity index (χ4n) is 2.09. The first-order valence-corrected chi connectivity index (χ1v) is 6.42.